The van der Waals surface area contributed by atoms with E-state index in [1.807, 2.05) is 20.8 Å². The number of allylic oxidation sites excluding steroid dienone is 1. The van der Waals surface area contributed by atoms with Crippen LogP contribution in [0, 0.1) is 20.8 Å². The predicted molar refractivity (Wildman–Crippen MR) is 279 cm³/mol. The molecule has 1 unspecified atom stereocenters. The van der Waals surface area contributed by atoms with Gasteiger partial charge in [-0.05, 0) is 105 Å². The second-order valence-electron chi connectivity index (χ2n) is 16.9. The second kappa shape index (κ2) is 28.6. The molecule has 3 aromatic heterocycles. The summed E-state index contributed by atoms with van der Waals surface area (Å²) in [5.41, 5.74) is 20.9. The van der Waals surface area contributed by atoms with E-state index in [2.05, 4.69) is 193 Å². The summed E-state index contributed by atoms with van der Waals surface area (Å²) >= 11 is -1.11. The van der Waals surface area contributed by atoms with Crippen LogP contribution in [-0.2, 0) is 81.3 Å². The van der Waals surface area contributed by atoms with Gasteiger partial charge in [-0.25, -0.2) is 4.98 Å². The number of aromatic nitrogens is 4. The molecule has 2 aliphatic rings. The van der Waals surface area contributed by atoms with E-state index in [0.717, 1.165) is 65.4 Å². The summed E-state index contributed by atoms with van der Waals surface area (Å²) in [6, 6.07) is 39.8. The number of fused-ring (bicyclic) bond motifs is 8. The first kappa shape index (κ1) is 57.4. The predicted octanol–water partition coefficient (Wildman–Crippen LogP) is 13.7. The molecule has 10 heteroatoms. The Hall–Kier alpha value is -3.89. The fourth-order valence-electron chi connectivity index (χ4n) is 8.87. The smallest absolute Gasteiger partial charge is 0.0319 e. The van der Waals surface area contributed by atoms with Crippen LogP contribution in [0.25, 0.3) is 33.7 Å². The van der Waals surface area contributed by atoms with E-state index < -0.39 is 24.6 Å². The Bertz CT molecular complexity index is 2560. The third-order valence-electron chi connectivity index (χ3n) is 12.4. The van der Waals surface area contributed by atoms with E-state index in [1.54, 1.807) is 0 Å². The Morgan fingerprint density at radius 1 is 0.701 bits per heavy atom. The molecule has 8 nitrogen and oxygen atoms in total. The first-order valence-electron chi connectivity index (χ1n) is 23.9. The summed E-state index contributed by atoms with van der Waals surface area (Å²) in [6.45, 7) is 21.3. The zero-order chi connectivity index (χ0) is 48.4. The molecule has 1 radical (unpaired) electrons. The third kappa shape index (κ3) is 14.1. The first-order chi connectivity index (χ1) is 31.9. The maximum absolute atomic E-state index is 9.17. The van der Waals surface area contributed by atoms with E-state index in [4.69, 9.17) is 15.1 Å². The topological polar surface area (TPSA) is 97.9 Å². The van der Waals surface area contributed by atoms with Crippen LogP contribution < -0.4 is 4.48 Å². The van der Waals surface area contributed by atoms with Gasteiger partial charge in [0.15, 0.2) is 0 Å². The number of para-hydroxylation sites is 3. The minimum atomic E-state index is -1.11. The van der Waals surface area contributed by atoms with Gasteiger partial charge in [-0.2, -0.15) is 0 Å². The SMILES string of the molecule is CC.CCC=O.CCc1c(C)c2cc3[nH]c(cc4nc(c(C)c5nc(cc1[nH]2)C(C)=C5)CC4C)c(C)c3CC.CN(C)[CH2][Hg][CH2][N+](c1ccccc1)(c1ccccc1)c1ccccc1.CO.[Y]. The number of nitrogens with one attached hydrogen (secondary N) is 2. The number of aliphatic hydroxyl groups is 1. The van der Waals surface area contributed by atoms with Crippen molar-refractivity contribution in [2.24, 2.45) is 0 Å². The minimum absolute atomic E-state index is 0. The van der Waals surface area contributed by atoms with Crippen molar-refractivity contribution >= 4 is 57.1 Å². The fraction of sp³-hybridized carbons (Fsp3) is 0.351. The molecule has 3 aromatic carbocycles. The maximum Gasteiger partial charge on any atom is 0.0319 e. The number of H-pyrrole nitrogens is 2. The number of carbonyl (C=O) groups excluding carboxylic acids is 1. The molecule has 6 aromatic rings. The fourth-order valence-corrected chi connectivity index (χ4v) is 16.7. The molecular formula is C57H75HgN6O2Y+. The van der Waals surface area contributed by atoms with Crippen LogP contribution in [0.1, 0.15) is 111 Å². The van der Waals surface area contributed by atoms with Crippen LogP contribution >= 0.6 is 0 Å². The van der Waals surface area contributed by atoms with E-state index >= 15 is 0 Å². The molecule has 3 N–H and O–H groups in total. The van der Waals surface area contributed by atoms with Gasteiger partial charge in [0.1, 0.15) is 6.29 Å². The summed E-state index contributed by atoms with van der Waals surface area (Å²) < 4.78 is 3.39. The summed E-state index contributed by atoms with van der Waals surface area (Å²) in [4.78, 5) is 29.1. The number of nitrogens with zero attached hydrogens (tertiary/aromatic N) is 4. The standard InChI is InChI=1S/C29H34N4.C19H17N.C3H8N.C3H6O.C2H6.CH4O.Hg.Y/c1-8-20-18(6)27-14-29-21(9-2)17(5)26(32-29)12-22-15(3)10-24(30-22)19(7)25-11-16(4)23(31-25)13-28(20)33-27;1-20(17-11-5-2-6-12-17,18-13-7-3-8-14-18)19-15-9-4-10-16-19;1-4(2)3;1-2-3-4;2*1-2;;/h11-15,32-33H,8-10H2,1-7H3;2-16H,1H2;1H2,2-3H3;3H,2H2,1H3;1-2H3;2H,1H3;;/q;+1;;;;;;. The van der Waals surface area contributed by atoms with Crippen LogP contribution in [0.15, 0.2) is 109 Å². The molecule has 0 amide bonds. The Morgan fingerprint density at radius 2 is 1.15 bits per heavy atom. The van der Waals surface area contributed by atoms with Gasteiger partial charge in [-0.15, -0.1) is 0 Å². The number of hydrogen-bond acceptors (Lipinski definition) is 5. The molecule has 1 atom stereocenters. The van der Waals surface area contributed by atoms with Gasteiger partial charge in [-0.3, -0.25) is 4.98 Å². The van der Waals surface area contributed by atoms with Gasteiger partial charge >= 0.3 is 164 Å². The summed E-state index contributed by atoms with van der Waals surface area (Å²) in [5, 5.41) is 7.00. The van der Waals surface area contributed by atoms with E-state index in [1.165, 1.54) is 75.1 Å². The molecule has 0 saturated carbocycles. The average Bonchev–Trinajstić information content (AvgIpc) is 4.08. The first-order valence-corrected chi connectivity index (χ1v) is 31.7. The molecule has 0 saturated heterocycles. The summed E-state index contributed by atoms with van der Waals surface area (Å²) in [6.07, 6.45) is 6.65. The number of benzene rings is 3. The monoisotopic (exact) mass is 1170 g/mol. The Balaban J connectivity index is 0.000000312. The Morgan fingerprint density at radius 3 is 1.58 bits per heavy atom. The van der Waals surface area contributed by atoms with Gasteiger partial charge < -0.3 is 19.9 Å². The van der Waals surface area contributed by atoms with E-state index in [-0.39, 0.29) is 32.7 Å². The maximum atomic E-state index is 9.17. The van der Waals surface area contributed by atoms with Crippen molar-refractivity contribution in [1.29, 1.82) is 0 Å². The van der Waals surface area contributed by atoms with Crippen LogP contribution in [0.3, 0.4) is 0 Å². The average molecular weight is 1170 g/mol. The summed E-state index contributed by atoms with van der Waals surface area (Å²) in [5.74, 6) is 0.396. The van der Waals surface area contributed by atoms with Crippen molar-refractivity contribution in [3.63, 3.8) is 0 Å². The zero-order valence-corrected chi connectivity index (χ0v) is 51.1. The van der Waals surface area contributed by atoms with Crippen LogP contribution in [0.4, 0.5) is 17.1 Å². The molecule has 2 aliphatic heterocycles. The van der Waals surface area contributed by atoms with Gasteiger partial charge in [0.05, 0.1) is 11.4 Å². The number of quaternary nitrogens is 1. The number of carbonyl (C=O) groups is 1. The van der Waals surface area contributed by atoms with Crippen LogP contribution in [-0.4, -0.2) is 65.5 Å². The zero-order valence-electron chi connectivity index (χ0n) is 42.8. The Labute approximate surface area is 439 Å². The van der Waals surface area contributed by atoms with Gasteiger partial charge in [0.25, 0.3) is 0 Å². The largest absolute Gasteiger partial charge is 0.400 e. The number of rotatable bonds is 10. The van der Waals surface area contributed by atoms with Gasteiger partial charge in [0.2, 0.25) is 0 Å². The normalized spacial score (nSPS) is 12.5. The van der Waals surface area contributed by atoms with Gasteiger partial charge in [0, 0.05) is 85.6 Å². The van der Waals surface area contributed by atoms with Crippen molar-refractivity contribution in [3.05, 3.63) is 160 Å². The van der Waals surface area contributed by atoms with E-state index in [0.29, 0.717) is 12.3 Å². The number of aliphatic hydroxyl groups excluding tert-OH is 1. The quantitative estimate of drug-likeness (QED) is 0.0721. The van der Waals surface area contributed by atoms with Crippen molar-refractivity contribution in [3.8, 4) is 0 Å². The molecule has 0 aliphatic carbocycles. The Kier molecular flexibility index (Phi) is 24.5. The number of hydrogen-bond donors (Lipinski definition) is 3. The molecule has 8 rings (SSSR count). The molecular weight excluding hydrogens is 1090 g/mol. The minimum Gasteiger partial charge on any atom is -0.400 e. The molecule has 8 bridgehead atoms. The van der Waals surface area contributed by atoms with Gasteiger partial charge in [-0.1, -0.05) is 41.5 Å². The van der Waals surface area contributed by atoms with Crippen molar-refractivity contribution in [2.45, 2.75) is 101 Å². The third-order valence-corrected chi connectivity index (χ3v) is 21.0. The molecule has 5 heterocycles. The number of aromatic amines is 2. The summed E-state index contributed by atoms with van der Waals surface area (Å²) in [7, 11) is 5.39. The van der Waals surface area contributed by atoms with Crippen molar-refractivity contribution in [2.75, 3.05) is 29.3 Å². The van der Waals surface area contributed by atoms with Crippen LogP contribution in [0.5, 0.6) is 0 Å². The second-order valence-corrected chi connectivity index (χ2v) is 23.2. The molecule has 67 heavy (non-hydrogen) atoms. The molecule has 0 spiro atoms. The molecule has 0 fully saturated rings. The van der Waals surface area contributed by atoms with E-state index in [9.17, 15) is 4.79 Å². The van der Waals surface area contributed by atoms with Crippen molar-refractivity contribution < 1.29 is 67.2 Å². The number of aldehydes is 1. The number of aryl methyl sites for hydroxylation is 4. The van der Waals surface area contributed by atoms with Crippen molar-refractivity contribution in [1.82, 2.24) is 29.3 Å². The van der Waals surface area contributed by atoms with Crippen LogP contribution in [0.2, 0.25) is 0 Å². The molecule has 349 valence electrons.